The highest BCUT2D eigenvalue weighted by Crippen LogP contribution is 2.18. The fourth-order valence-corrected chi connectivity index (χ4v) is 1.34. The van der Waals surface area contributed by atoms with Crippen LogP contribution in [0.4, 0.5) is 0 Å². The number of hydrogen-bond acceptors (Lipinski definition) is 2. The third-order valence-electron chi connectivity index (χ3n) is 1.56. The summed E-state index contributed by atoms with van der Waals surface area (Å²) in [6.45, 7) is 0. The molecule has 3 nitrogen and oxygen atoms in total. The minimum absolute atomic E-state index is 0.208. The maximum atomic E-state index is 5.94. The quantitative estimate of drug-likeness (QED) is 0.730. The third kappa shape index (κ3) is 1.66. The van der Waals surface area contributed by atoms with Crippen molar-refractivity contribution in [3.63, 3.8) is 0 Å². The molecule has 0 radical (unpaired) electrons. The molecule has 2 aromatic rings. The smallest absolute Gasteiger partial charge is 0.218 e. The second kappa shape index (κ2) is 3.36. The second-order valence-corrected chi connectivity index (χ2v) is 3.15. The maximum Gasteiger partial charge on any atom is 0.242 e. The van der Waals surface area contributed by atoms with Gasteiger partial charge in [0.1, 0.15) is 6.33 Å². The summed E-state index contributed by atoms with van der Waals surface area (Å²) >= 11 is 11.5. The van der Waals surface area contributed by atoms with Crippen molar-refractivity contribution in [2.75, 3.05) is 0 Å². The highest BCUT2D eigenvalue weighted by atomic mass is 35.5. The zero-order valence-electron chi connectivity index (χ0n) is 6.48. The van der Waals surface area contributed by atoms with Crippen molar-refractivity contribution in [3.05, 3.63) is 40.9 Å². The summed E-state index contributed by atoms with van der Waals surface area (Å²) in [4.78, 5) is 3.79. The molecule has 0 saturated heterocycles. The van der Waals surface area contributed by atoms with Crippen LogP contribution in [0.3, 0.4) is 0 Å². The average molecular weight is 214 g/mol. The Morgan fingerprint density at radius 3 is 2.54 bits per heavy atom. The van der Waals surface area contributed by atoms with Gasteiger partial charge in [-0.05, 0) is 23.7 Å². The van der Waals surface area contributed by atoms with Gasteiger partial charge in [0.15, 0.2) is 0 Å². The van der Waals surface area contributed by atoms with Crippen molar-refractivity contribution in [2.45, 2.75) is 0 Å². The molecule has 0 aliphatic heterocycles. The molecule has 1 aromatic heterocycles. The first-order chi connectivity index (χ1) is 6.27. The van der Waals surface area contributed by atoms with Crippen molar-refractivity contribution >= 4 is 23.2 Å². The van der Waals surface area contributed by atoms with Crippen LogP contribution in [-0.2, 0) is 0 Å². The van der Waals surface area contributed by atoms with E-state index in [1.165, 1.54) is 11.0 Å². The summed E-state index contributed by atoms with van der Waals surface area (Å²) in [6.07, 6.45) is 1.52. The van der Waals surface area contributed by atoms with Crippen LogP contribution in [0.5, 0.6) is 0 Å². The molecule has 13 heavy (non-hydrogen) atoms. The van der Waals surface area contributed by atoms with Crippen LogP contribution in [-0.4, -0.2) is 14.8 Å². The van der Waals surface area contributed by atoms with E-state index in [4.69, 9.17) is 23.2 Å². The molecular weight excluding hydrogens is 209 g/mol. The number of aromatic nitrogens is 3. The molecule has 5 heteroatoms. The van der Waals surface area contributed by atoms with E-state index < -0.39 is 0 Å². The molecule has 1 heterocycles. The van der Waals surface area contributed by atoms with Gasteiger partial charge in [0.25, 0.3) is 0 Å². The summed E-state index contributed by atoms with van der Waals surface area (Å²) in [7, 11) is 0. The number of benzene rings is 1. The van der Waals surface area contributed by atoms with Crippen LogP contribution < -0.4 is 0 Å². The zero-order chi connectivity index (χ0) is 9.26. The van der Waals surface area contributed by atoms with Gasteiger partial charge in [0.05, 0.1) is 10.7 Å². The Labute approximate surface area is 84.9 Å². The van der Waals surface area contributed by atoms with E-state index in [-0.39, 0.29) is 5.28 Å². The lowest BCUT2D eigenvalue weighted by Gasteiger charge is -2.00. The van der Waals surface area contributed by atoms with Crippen molar-refractivity contribution in [1.29, 1.82) is 0 Å². The Bertz CT molecular complexity index is 425. The molecule has 0 unspecified atom stereocenters. The van der Waals surface area contributed by atoms with E-state index in [0.29, 0.717) is 5.02 Å². The predicted octanol–water partition coefficient (Wildman–Crippen LogP) is 2.57. The van der Waals surface area contributed by atoms with Crippen LogP contribution in [0, 0.1) is 0 Å². The lowest BCUT2D eigenvalue weighted by molar-refractivity contribution is 0.879. The molecule has 66 valence electrons. The van der Waals surface area contributed by atoms with E-state index in [9.17, 15) is 0 Å². The van der Waals surface area contributed by atoms with Crippen LogP contribution in [0.2, 0.25) is 10.3 Å². The molecule has 0 bridgehead atoms. The number of para-hydroxylation sites is 1. The van der Waals surface area contributed by atoms with Crippen LogP contribution in [0.25, 0.3) is 5.69 Å². The number of nitrogens with zero attached hydrogens (tertiary/aromatic N) is 3. The van der Waals surface area contributed by atoms with Gasteiger partial charge in [-0.1, -0.05) is 23.7 Å². The molecule has 2 rings (SSSR count). The largest absolute Gasteiger partial charge is 0.242 e. The molecular formula is C8H5Cl2N3. The lowest BCUT2D eigenvalue weighted by atomic mass is 10.3. The van der Waals surface area contributed by atoms with E-state index in [2.05, 4.69) is 10.1 Å². The van der Waals surface area contributed by atoms with Crippen molar-refractivity contribution in [3.8, 4) is 5.69 Å². The summed E-state index contributed by atoms with van der Waals surface area (Å²) < 4.78 is 1.53. The minimum Gasteiger partial charge on any atom is -0.218 e. The number of halogens is 2. The Kier molecular flexibility index (Phi) is 2.20. The maximum absolute atomic E-state index is 5.94. The Balaban J connectivity index is 2.52. The fourth-order valence-electron chi connectivity index (χ4n) is 0.996. The molecule has 0 spiro atoms. The van der Waals surface area contributed by atoms with E-state index in [1.807, 2.05) is 18.2 Å². The first-order valence-electron chi connectivity index (χ1n) is 3.59. The topological polar surface area (TPSA) is 30.7 Å². The summed E-state index contributed by atoms with van der Waals surface area (Å²) in [6, 6.07) is 7.35. The molecule has 0 aliphatic carbocycles. The van der Waals surface area contributed by atoms with E-state index >= 15 is 0 Å². The van der Waals surface area contributed by atoms with Gasteiger partial charge >= 0.3 is 0 Å². The minimum atomic E-state index is 0.208. The SMILES string of the molecule is Clc1ncn(-c2ccccc2Cl)n1. The van der Waals surface area contributed by atoms with Crippen LogP contribution in [0.1, 0.15) is 0 Å². The van der Waals surface area contributed by atoms with E-state index in [1.54, 1.807) is 6.07 Å². The van der Waals surface area contributed by atoms with Crippen molar-refractivity contribution in [2.24, 2.45) is 0 Å². The first kappa shape index (κ1) is 8.53. The van der Waals surface area contributed by atoms with Gasteiger partial charge in [-0.3, -0.25) is 0 Å². The second-order valence-electron chi connectivity index (χ2n) is 2.41. The third-order valence-corrected chi connectivity index (χ3v) is 2.06. The Hall–Kier alpha value is -1.06. The number of rotatable bonds is 1. The van der Waals surface area contributed by atoms with Gasteiger partial charge < -0.3 is 0 Å². The highest BCUT2D eigenvalue weighted by molar-refractivity contribution is 6.32. The molecule has 0 N–H and O–H groups in total. The first-order valence-corrected chi connectivity index (χ1v) is 4.35. The number of hydrogen-bond donors (Lipinski definition) is 0. The summed E-state index contributed by atoms with van der Waals surface area (Å²) in [5.41, 5.74) is 0.767. The van der Waals surface area contributed by atoms with Gasteiger partial charge in [-0.2, -0.15) is 0 Å². The van der Waals surface area contributed by atoms with Gasteiger partial charge in [0.2, 0.25) is 5.28 Å². The molecule has 1 aromatic carbocycles. The van der Waals surface area contributed by atoms with Crippen LogP contribution >= 0.6 is 23.2 Å². The molecule has 0 aliphatic rings. The lowest BCUT2D eigenvalue weighted by Crippen LogP contribution is -1.94. The van der Waals surface area contributed by atoms with Gasteiger partial charge in [-0.25, -0.2) is 9.67 Å². The van der Waals surface area contributed by atoms with Crippen molar-refractivity contribution in [1.82, 2.24) is 14.8 Å². The van der Waals surface area contributed by atoms with Gasteiger partial charge in [-0.15, -0.1) is 5.10 Å². The normalized spacial score (nSPS) is 10.3. The Morgan fingerprint density at radius 1 is 1.15 bits per heavy atom. The molecule has 0 fully saturated rings. The van der Waals surface area contributed by atoms with E-state index in [0.717, 1.165) is 5.69 Å². The standard InChI is InChI=1S/C8H5Cl2N3/c9-6-3-1-2-4-7(6)13-5-11-8(10)12-13/h1-5H. The summed E-state index contributed by atoms with van der Waals surface area (Å²) in [5.74, 6) is 0. The highest BCUT2D eigenvalue weighted by Gasteiger charge is 2.03. The van der Waals surface area contributed by atoms with Gasteiger partial charge in [0, 0.05) is 0 Å². The monoisotopic (exact) mass is 213 g/mol. The predicted molar refractivity (Wildman–Crippen MR) is 51.4 cm³/mol. The zero-order valence-corrected chi connectivity index (χ0v) is 8.00. The average Bonchev–Trinajstić information content (AvgIpc) is 2.53. The molecule has 0 amide bonds. The van der Waals surface area contributed by atoms with Crippen LogP contribution in [0.15, 0.2) is 30.6 Å². The summed E-state index contributed by atoms with van der Waals surface area (Å²) in [5, 5.41) is 4.75. The molecule has 0 saturated carbocycles. The fraction of sp³-hybridized carbons (Fsp3) is 0. The molecule has 0 atom stereocenters. The Morgan fingerprint density at radius 2 is 1.92 bits per heavy atom. The van der Waals surface area contributed by atoms with Crippen molar-refractivity contribution < 1.29 is 0 Å².